The molecule has 1 heterocycles. The van der Waals surface area contributed by atoms with Crippen LogP contribution in [0.5, 0.6) is 11.5 Å². The molecule has 0 aliphatic carbocycles. The molecule has 0 aliphatic heterocycles. The predicted molar refractivity (Wildman–Crippen MR) is 90.3 cm³/mol. The molecular weight excluding hydrogens is 330 g/mol. The minimum absolute atomic E-state index is 0.172. The highest BCUT2D eigenvalue weighted by Crippen LogP contribution is 2.20. The molecule has 24 heavy (non-hydrogen) atoms. The first-order valence-electron chi connectivity index (χ1n) is 7.17. The summed E-state index contributed by atoms with van der Waals surface area (Å²) in [5, 5.41) is 8.85. The summed E-state index contributed by atoms with van der Waals surface area (Å²) in [5.74, 6) is 1.97. The van der Waals surface area contributed by atoms with Crippen LogP contribution in [0.1, 0.15) is 5.82 Å². The van der Waals surface area contributed by atoms with Gasteiger partial charge in [0.1, 0.15) is 18.1 Å². The lowest BCUT2D eigenvalue weighted by molar-refractivity contribution is -0.137. The molecule has 0 unspecified atom stereocenters. The number of aromatic nitrogens is 3. The molecule has 8 heteroatoms. The highest BCUT2D eigenvalue weighted by Gasteiger charge is 2.14. The molecule has 1 aromatic carbocycles. The third-order valence-corrected chi connectivity index (χ3v) is 4.02. The van der Waals surface area contributed by atoms with Crippen LogP contribution in [0.4, 0.5) is 0 Å². The van der Waals surface area contributed by atoms with E-state index in [-0.39, 0.29) is 18.3 Å². The van der Waals surface area contributed by atoms with Crippen molar-refractivity contribution >= 4 is 17.7 Å². The number of benzene rings is 1. The Kier molecular flexibility index (Phi) is 6.68. The van der Waals surface area contributed by atoms with E-state index in [1.165, 1.54) is 18.9 Å². The molecule has 0 saturated heterocycles. The van der Waals surface area contributed by atoms with Crippen molar-refractivity contribution in [3.8, 4) is 11.5 Å². The van der Waals surface area contributed by atoms with Gasteiger partial charge in [0.25, 0.3) is 0 Å². The van der Waals surface area contributed by atoms with Crippen LogP contribution >= 0.6 is 11.8 Å². The van der Waals surface area contributed by atoms with Crippen LogP contribution in [0.3, 0.4) is 0 Å². The number of methoxy groups -OCH3 is 2. The number of thioether (sulfide) groups is 1. The third-order valence-electron chi connectivity index (χ3n) is 3.08. The summed E-state index contributed by atoms with van der Waals surface area (Å²) in [6, 6.07) is 7.28. The molecule has 1 aromatic heterocycles. The van der Waals surface area contributed by atoms with E-state index in [4.69, 9.17) is 9.47 Å². The molecule has 0 saturated carbocycles. The number of allylic oxidation sites excluding steroid dienone is 1. The molecule has 0 N–H and O–H groups in total. The van der Waals surface area contributed by atoms with Gasteiger partial charge in [-0.15, -0.1) is 16.8 Å². The number of hydrogen-bond donors (Lipinski definition) is 0. The van der Waals surface area contributed by atoms with Gasteiger partial charge in [0, 0.05) is 6.54 Å². The smallest absolute Gasteiger partial charge is 0.316 e. The molecule has 0 fully saturated rings. The normalized spacial score (nSPS) is 10.2. The predicted octanol–water partition coefficient (Wildman–Crippen LogP) is 2.32. The van der Waals surface area contributed by atoms with E-state index in [1.54, 1.807) is 13.2 Å². The fourth-order valence-electron chi connectivity index (χ4n) is 1.85. The maximum Gasteiger partial charge on any atom is 0.316 e. The number of carbonyl (C=O) groups is 1. The average molecular weight is 349 g/mol. The summed E-state index contributed by atoms with van der Waals surface area (Å²) in [7, 11) is 2.96. The minimum Gasteiger partial charge on any atom is -0.497 e. The average Bonchev–Trinajstić information content (AvgIpc) is 3.00. The van der Waals surface area contributed by atoms with Crippen molar-refractivity contribution in [2.45, 2.75) is 18.3 Å². The maximum atomic E-state index is 11.3. The molecule has 0 amide bonds. The van der Waals surface area contributed by atoms with E-state index in [0.717, 1.165) is 5.75 Å². The third kappa shape index (κ3) is 4.76. The molecule has 0 spiro atoms. The first kappa shape index (κ1) is 17.9. The van der Waals surface area contributed by atoms with Crippen LogP contribution in [0.2, 0.25) is 0 Å². The van der Waals surface area contributed by atoms with E-state index >= 15 is 0 Å². The fourth-order valence-corrected chi connectivity index (χ4v) is 2.65. The Morgan fingerprint density at radius 1 is 1.25 bits per heavy atom. The Labute approximate surface area is 144 Å². The number of carbonyl (C=O) groups excluding carboxylic acids is 1. The quantitative estimate of drug-likeness (QED) is 0.391. The van der Waals surface area contributed by atoms with Gasteiger partial charge in [-0.05, 0) is 24.3 Å². The summed E-state index contributed by atoms with van der Waals surface area (Å²) in [5.41, 5.74) is 0. The second-order valence-electron chi connectivity index (χ2n) is 4.63. The lowest BCUT2D eigenvalue weighted by atomic mass is 10.3. The lowest BCUT2D eigenvalue weighted by Gasteiger charge is -2.09. The molecule has 2 aromatic rings. The van der Waals surface area contributed by atoms with Crippen molar-refractivity contribution in [2.75, 3.05) is 20.0 Å². The van der Waals surface area contributed by atoms with Gasteiger partial charge in [0.15, 0.2) is 11.0 Å². The minimum atomic E-state index is -0.316. The van der Waals surface area contributed by atoms with Crippen LogP contribution in [0, 0.1) is 0 Å². The van der Waals surface area contributed by atoms with Gasteiger partial charge in [-0.25, -0.2) is 0 Å². The molecule has 0 atom stereocenters. The molecule has 128 valence electrons. The Balaban J connectivity index is 2.04. The summed E-state index contributed by atoms with van der Waals surface area (Å²) in [6.07, 6.45) is 1.74. The summed E-state index contributed by atoms with van der Waals surface area (Å²) in [6.45, 7) is 4.52. The summed E-state index contributed by atoms with van der Waals surface area (Å²) in [4.78, 5) is 11.3. The van der Waals surface area contributed by atoms with Crippen LogP contribution in [0.15, 0.2) is 42.1 Å². The van der Waals surface area contributed by atoms with Crippen LogP contribution < -0.4 is 9.47 Å². The van der Waals surface area contributed by atoms with Gasteiger partial charge >= 0.3 is 5.97 Å². The lowest BCUT2D eigenvalue weighted by Crippen LogP contribution is -2.09. The van der Waals surface area contributed by atoms with Crippen LogP contribution in [-0.4, -0.2) is 40.7 Å². The zero-order chi connectivity index (χ0) is 17.4. The van der Waals surface area contributed by atoms with E-state index in [0.29, 0.717) is 23.3 Å². The van der Waals surface area contributed by atoms with Gasteiger partial charge in [0.05, 0.1) is 20.0 Å². The monoisotopic (exact) mass is 349 g/mol. The highest BCUT2D eigenvalue weighted by molar-refractivity contribution is 7.99. The molecule has 2 rings (SSSR count). The second-order valence-corrected chi connectivity index (χ2v) is 5.57. The van der Waals surface area contributed by atoms with Gasteiger partial charge in [-0.3, -0.25) is 9.36 Å². The standard InChI is InChI=1S/C16H19N3O4S/c1-4-9-19-14(17-18-16(19)24-11-15(20)22-3)10-23-13-7-5-12(21-2)6-8-13/h4-8H,1,9-11H2,2-3H3. The zero-order valence-corrected chi connectivity index (χ0v) is 14.4. The zero-order valence-electron chi connectivity index (χ0n) is 13.6. The maximum absolute atomic E-state index is 11.3. The number of hydrogen-bond acceptors (Lipinski definition) is 7. The van der Waals surface area contributed by atoms with Crippen molar-refractivity contribution in [1.82, 2.24) is 14.8 Å². The molecule has 0 bridgehead atoms. The molecule has 7 nitrogen and oxygen atoms in total. The largest absolute Gasteiger partial charge is 0.497 e. The number of esters is 1. The number of nitrogens with zero attached hydrogens (tertiary/aromatic N) is 3. The Morgan fingerprint density at radius 3 is 2.58 bits per heavy atom. The summed E-state index contributed by atoms with van der Waals surface area (Å²) < 4.78 is 17.3. The van der Waals surface area contributed by atoms with E-state index < -0.39 is 0 Å². The van der Waals surface area contributed by atoms with Gasteiger partial charge < -0.3 is 14.2 Å². The van der Waals surface area contributed by atoms with Crippen molar-refractivity contribution in [1.29, 1.82) is 0 Å². The highest BCUT2D eigenvalue weighted by atomic mass is 32.2. The first-order valence-corrected chi connectivity index (χ1v) is 8.16. The SMILES string of the molecule is C=CCn1c(COc2ccc(OC)cc2)nnc1SCC(=O)OC. The fraction of sp³-hybridized carbons (Fsp3) is 0.312. The van der Waals surface area contributed by atoms with Gasteiger partial charge in [0.2, 0.25) is 0 Å². The van der Waals surface area contributed by atoms with Crippen molar-refractivity contribution in [2.24, 2.45) is 0 Å². The van der Waals surface area contributed by atoms with E-state index in [1.807, 2.05) is 28.8 Å². The van der Waals surface area contributed by atoms with Crippen molar-refractivity contribution in [3.63, 3.8) is 0 Å². The van der Waals surface area contributed by atoms with Crippen molar-refractivity contribution in [3.05, 3.63) is 42.7 Å². The summed E-state index contributed by atoms with van der Waals surface area (Å²) >= 11 is 1.26. The number of rotatable bonds is 9. The Bertz CT molecular complexity index is 685. The second kappa shape index (κ2) is 8.97. The first-order chi connectivity index (χ1) is 11.7. The van der Waals surface area contributed by atoms with E-state index in [2.05, 4.69) is 21.5 Å². The molecule has 0 aliphatic rings. The molecular formula is C16H19N3O4S. The van der Waals surface area contributed by atoms with Crippen molar-refractivity contribution < 1.29 is 19.0 Å². The van der Waals surface area contributed by atoms with Crippen LogP contribution in [-0.2, 0) is 22.7 Å². The van der Waals surface area contributed by atoms with Gasteiger partial charge in [-0.2, -0.15) is 0 Å². The number of ether oxygens (including phenoxy) is 3. The Hall–Kier alpha value is -2.48. The van der Waals surface area contributed by atoms with E-state index in [9.17, 15) is 4.79 Å². The molecule has 0 radical (unpaired) electrons. The van der Waals surface area contributed by atoms with Gasteiger partial charge in [-0.1, -0.05) is 17.8 Å². The topological polar surface area (TPSA) is 75.5 Å². The Morgan fingerprint density at radius 2 is 1.96 bits per heavy atom. The van der Waals surface area contributed by atoms with Crippen LogP contribution in [0.25, 0.3) is 0 Å².